The molecule has 2 fully saturated rings. The Kier molecular flexibility index (Phi) is 3.61. The average Bonchev–Trinajstić information content (AvgIpc) is 2.38. The van der Waals surface area contributed by atoms with Crippen molar-refractivity contribution in [1.29, 1.82) is 5.26 Å². The quantitative estimate of drug-likeness (QED) is 0.884. The van der Waals surface area contributed by atoms with Crippen LogP contribution in [0.2, 0.25) is 5.02 Å². The van der Waals surface area contributed by atoms with Gasteiger partial charge in [0, 0.05) is 50.3 Å². The molecule has 0 atom stereocenters. The maximum absolute atomic E-state index is 9.21. The highest BCUT2D eigenvalue weighted by Crippen LogP contribution is 2.25. The Morgan fingerprint density at radius 3 is 2.53 bits per heavy atom. The summed E-state index contributed by atoms with van der Waals surface area (Å²) in [4.78, 5) is 4.83. The van der Waals surface area contributed by atoms with Gasteiger partial charge in [-0.15, -0.1) is 0 Å². The van der Waals surface area contributed by atoms with E-state index in [1.807, 2.05) is 12.1 Å². The molecule has 2 aliphatic heterocycles. The van der Waals surface area contributed by atoms with Gasteiger partial charge in [0.25, 0.3) is 0 Å². The van der Waals surface area contributed by atoms with Gasteiger partial charge in [-0.3, -0.25) is 4.90 Å². The van der Waals surface area contributed by atoms with Crippen LogP contribution in [0.4, 0.5) is 5.69 Å². The molecule has 5 heteroatoms. The van der Waals surface area contributed by atoms with Gasteiger partial charge in [-0.2, -0.15) is 5.26 Å². The zero-order chi connectivity index (χ0) is 13.2. The molecule has 3 rings (SSSR count). The van der Waals surface area contributed by atoms with Crippen molar-refractivity contribution in [1.82, 2.24) is 10.2 Å². The Bertz CT molecular complexity index is 499. The van der Waals surface area contributed by atoms with Crippen molar-refractivity contribution in [2.75, 3.05) is 44.2 Å². The first-order valence-electron chi connectivity index (χ1n) is 6.67. The lowest BCUT2D eigenvalue weighted by Crippen LogP contribution is -2.61. The van der Waals surface area contributed by atoms with Crippen molar-refractivity contribution < 1.29 is 0 Å². The van der Waals surface area contributed by atoms with Crippen molar-refractivity contribution in [3.05, 3.63) is 28.8 Å². The first kappa shape index (κ1) is 12.7. The largest absolute Gasteiger partial charge is 0.368 e. The summed E-state index contributed by atoms with van der Waals surface area (Å²) >= 11 is 5.94. The summed E-state index contributed by atoms with van der Waals surface area (Å²) in [6.45, 7) is 6.33. The van der Waals surface area contributed by atoms with Gasteiger partial charge in [-0.25, -0.2) is 0 Å². The van der Waals surface area contributed by atoms with Crippen molar-refractivity contribution in [2.45, 2.75) is 6.04 Å². The number of hydrogen-bond acceptors (Lipinski definition) is 4. The Labute approximate surface area is 118 Å². The second-order valence-corrected chi connectivity index (χ2v) is 5.54. The molecule has 0 aliphatic carbocycles. The number of piperazine rings is 1. The van der Waals surface area contributed by atoms with Crippen molar-refractivity contribution in [3.63, 3.8) is 0 Å². The highest BCUT2D eigenvalue weighted by Gasteiger charge is 2.28. The van der Waals surface area contributed by atoms with Crippen LogP contribution in [-0.2, 0) is 0 Å². The van der Waals surface area contributed by atoms with Gasteiger partial charge in [0.1, 0.15) is 6.07 Å². The van der Waals surface area contributed by atoms with Gasteiger partial charge in [0.2, 0.25) is 0 Å². The monoisotopic (exact) mass is 276 g/mol. The summed E-state index contributed by atoms with van der Waals surface area (Å²) in [6.07, 6.45) is 0. The lowest BCUT2D eigenvalue weighted by atomic mass is 10.1. The molecule has 0 spiro atoms. The number of benzene rings is 1. The molecule has 0 aromatic heterocycles. The van der Waals surface area contributed by atoms with E-state index in [4.69, 9.17) is 11.6 Å². The molecule has 1 N–H and O–H groups in total. The Morgan fingerprint density at radius 1 is 1.21 bits per heavy atom. The lowest BCUT2D eigenvalue weighted by Gasteiger charge is -2.44. The standard InChI is InChI=1S/C14H17ClN4/c15-12-1-2-14(11(7-12)8-16)19-5-3-18(4-6-19)13-9-17-10-13/h1-2,7,13,17H,3-6,9-10H2. The van der Waals surface area contributed by atoms with E-state index in [2.05, 4.69) is 21.2 Å². The molecule has 0 amide bonds. The third-order valence-corrected chi connectivity index (χ3v) is 4.25. The van der Waals surface area contributed by atoms with E-state index in [0.717, 1.165) is 45.0 Å². The second kappa shape index (κ2) is 5.38. The number of nitrogens with zero attached hydrogens (tertiary/aromatic N) is 3. The van der Waals surface area contributed by atoms with Gasteiger partial charge in [0.05, 0.1) is 11.3 Å². The van der Waals surface area contributed by atoms with Gasteiger partial charge in [0.15, 0.2) is 0 Å². The molecule has 100 valence electrons. The fourth-order valence-electron chi connectivity index (χ4n) is 2.73. The molecule has 2 aliphatic rings. The topological polar surface area (TPSA) is 42.3 Å². The Morgan fingerprint density at radius 2 is 1.95 bits per heavy atom. The maximum Gasteiger partial charge on any atom is 0.101 e. The summed E-state index contributed by atoms with van der Waals surface area (Å²) in [6, 6.07) is 8.52. The molecule has 2 saturated heterocycles. The average molecular weight is 277 g/mol. The van der Waals surface area contributed by atoms with Crippen LogP contribution in [0.25, 0.3) is 0 Å². The van der Waals surface area contributed by atoms with Crippen LogP contribution in [-0.4, -0.2) is 50.2 Å². The highest BCUT2D eigenvalue weighted by molar-refractivity contribution is 6.30. The van der Waals surface area contributed by atoms with E-state index in [9.17, 15) is 5.26 Å². The van der Waals surface area contributed by atoms with Crippen LogP contribution in [0.15, 0.2) is 18.2 Å². The first-order valence-corrected chi connectivity index (χ1v) is 7.05. The molecule has 19 heavy (non-hydrogen) atoms. The minimum Gasteiger partial charge on any atom is -0.368 e. The Hall–Kier alpha value is -1.28. The summed E-state index contributed by atoms with van der Waals surface area (Å²) < 4.78 is 0. The number of anilines is 1. The van der Waals surface area contributed by atoms with Crippen LogP contribution in [0.5, 0.6) is 0 Å². The maximum atomic E-state index is 9.21. The molecule has 0 radical (unpaired) electrons. The fraction of sp³-hybridized carbons (Fsp3) is 0.500. The van der Waals surface area contributed by atoms with E-state index >= 15 is 0 Å². The molecular weight excluding hydrogens is 260 g/mol. The summed E-state index contributed by atoms with van der Waals surface area (Å²) in [5, 5.41) is 13.1. The zero-order valence-corrected chi connectivity index (χ0v) is 11.5. The van der Waals surface area contributed by atoms with E-state index in [1.54, 1.807) is 6.07 Å². The molecule has 0 unspecified atom stereocenters. The third kappa shape index (κ3) is 2.55. The van der Waals surface area contributed by atoms with Crippen molar-refractivity contribution in [2.24, 2.45) is 0 Å². The van der Waals surface area contributed by atoms with Crippen LogP contribution in [0.3, 0.4) is 0 Å². The number of nitrogens with one attached hydrogen (secondary N) is 1. The fourth-order valence-corrected chi connectivity index (χ4v) is 2.91. The molecule has 4 nitrogen and oxygen atoms in total. The highest BCUT2D eigenvalue weighted by atomic mass is 35.5. The predicted molar refractivity (Wildman–Crippen MR) is 76.6 cm³/mol. The minimum atomic E-state index is 0.625. The van der Waals surface area contributed by atoms with E-state index in [1.165, 1.54) is 0 Å². The van der Waals surface area contributed by atoms with Gasteiger partial charge in [-0.05, 0) is 18.2 Å². The molecule has 1 aromatic rings. The number of hydrogen-bond donors (Lipinski definition) is 1. The third-order valence-electron chi connectivity index (χ3n) is 4.01. The van der Waals surface area contributed by atoms with Crippen LogP contribution in [0.1, 0.15) is 5.56 Å². The summed E-state index contributed by atoms with van der Waals surface area (Å²) in [5.41, 5.74) is 1.68. The smallest absolute Gasteiger partial charge is 0.101 e. The van der Waals surface area contributed by atoms with E-state index < -0.39 is 0 Å². The summed E-state index contributed by atoms with van der Waals surface area (Å²) in [7, 11) is 0. The van der Waals surface area contributed by atoms with Crippen LogP contribution < -0.4 is 10.2 Å². The molecular formula is C14H17ClN4. The predicted octanol–water partition coefficient (Wildman–Crippen LogP) is 1.31. The number of rotatable bonds is 2. The summed E-state index contributed by atoms with van der Waals surface area (Å²) in [5.74, 6) is 0. The van der Waals surface area contributed by atoms with Crippen molar-refractivity contribution in [3.8, 4) is 6.07 Å². The second-order valence-electron chi connectivity index (χ2n) is 5.11. The normalized spacial score (nSPS) is 20.9. The molecule has 2 heterocycles. The molecule has 1 aromatic carbocycles. The van der Waals surface area contributed by atoms with Gasteiger partial charge >= 0.3 is 0 Å². The van der Waals surface area contributed by atoms with Gasteiger partial charge in [-0.1, -0.05) is 11.6 Å². The van der Waals surface area contributed by atoms with Gasteiger partial charge < -0.3 is 10.2 Å². The lowest BCUT2D eigenvalue weighted by molar-refractivity contribution is 0.138. The minimum absolute atomic E-state index is 0.625. The van der Waals surface area contributed by atoms with E-state index in [0.29, 0.717) is 16.6 Å². The molecule has 0 bridgehead atoms. The van der Waals surface area contributed by atoms with E-state index in [-0.39, 0.29) is 0 Å². The number of halogens is 1. The zero-order valence-electron chi connectivity index (χ0n) is 10.8. The number of nitriles is 1. The molecule has 0 saturated carbocycles. The SMILES string of the molecule is N#Cc1cc(Cl)ccc1N1CCN(C2CNC2)CC1. The van der Waals surface area contributed by atoms with Crippen molar-refractivity contribution >= 4 is 17.3 Å². The van der Waals surface area contributed by atoms with Crippen LogP contribution in [0, 0.1) is 11.3 Å². The Balaban J connectivity index is 1.69. The first-order chi connectivity index (χ1) is 9.28. The van der Waals surface area contributed by atoms with Crippen LogP contribution >= 0.6 is 11.6 Å².